The van der Waals surface area contributed by atoms with Gasteiger partial charge in [-0.2, -0.15) is 0 Å². The number of aromatic nitrogens is 1. The highest BCUT2D eigenvalue weighted by Crippen LogP contribution is 2.27. The number of ether oxygens (including phenoxy) is 1. The van der Waals surface area contributed by atoms with E-state index >= 15 is 0 Å². The Bertz CT molecular complexity index is 999. The molecule has 0 fully saturated rings. The molecular weight excluding hydrogens is 378 g/mol. The number of hydrogen-bond donors (Lipinski definition) is 1. The van der Waals surface area contributed by atoms with Crippen LogP contribution in [0.15, 0.2) is 47.8 Å². The molecule has 3 aromatic rings. The minimum Gasteiger partial charge on any atom is -0.494 e. The highest BCUT2D eigenvalue weighted by molar-refractivity contribution is 7.13. The lowest BCUT2D eigenvalue weighted by Crippen LogP contribution is -2.15. The van der Waals surface area contributed by atoms with Gasteiger partial charge in [-0.15, -0.1) is 11.3 Å². The van der Waals surface area contributed by atoms with Gasteiger partial charge in [-0.05, 0) is 44.2 Å². The summed E-state index contributed by atoms with van der Waals surface area (Å²) >= 11 is 1.46. The number of carbonyl (C=O) groups is 1. The summed E-state index contributed by atoms with van der Waals surface area (Å²) in [6.07, 6.45) is 0.0929. The highest BCUT2D eigenvalue weighted by atomic mass is 32.1. The number of benzene rings is 2. The molecule has 0 bridgehead atoms. The molecule has 1 amide bonds. The van der Waals surface area contributed by atoms with E-state index in [0.29, 0.717) is 23.6 Å². The molecule has 144 valence electrons. The van der Waals surface area contributed by atoms with E-state index in [-0.39, 0.29) is 18.0 Å². The third kappa shape index (κ3) is 4.52. The lowest BCUT2D eigenvalue weighted by molar-refractivity contribution is -0.385. The summed E-state index contributed by atoms with van der Waals surface area (Å²) in [6.45, 7) is 4.15. The summed E-state index contributed by atoms with van der Waals surface area (Å²) in [7, 11) is 0. The third-order valence-corrected chi connectivity index (χ3v) is 5.02. The molecule has 0 aliphatic heterocycles. The van der Waals surface area contributed by atoms with Crippen molar-refractivity contribution >= 4 is 28.6 Å². The van der Waals surface area contributed by atoms with Crippen LogP contribution in [0.5, 0.6) is 5.75 Å². The van der Waals surface area contributed by atoms with E-state index in [0.717, 1.165) is 16.3 Å². The van der Waals surface area contributed by atoms with Crippen molar-refractivity contribution < 1.29 is 14.5 Å². The first kappa shape index (κ1) is 19.5. The lowest BCUT2D eigenvalue weighted by atomic mass is 10.1. The van der Waals surface area contributed by atoms with Crippen molar-refractivity contribution in [2.45, 2.75) is 20.3 Å². The molecule has 8 heteroatoms. The molecule has 0 radical (unpaired) electrons. The van der Waals surface area contributed by atoms with Crippen molar-refractivity contribution in [3.05, 3.63) is 69.2 Å². The lowest BCUT2D eigenvalue weighted by Gasteiger charge is -2.07. The fourth-order valence-corrected chi connectivity index (χ4v) is 3.52. The van der Waals surface area contributed by atoms with Crippen LogP contribution in [-0.2, 0) is 11.2 Å². The van der Waals surface area contributed by atoms with Gasteiger partial charge in [0, 0.05) is 17.0 Å². The number of rotatable bonds is 7. The van der Waals surface area contributed by atoms with Crippen LogP contribution in [0, 0.1) is 17.0 Å². The molecule has 7 nitrogen and oxygen atoms in total. The van der Waals surface area contributed by atoms with E-state index in [9.17, 15) is 14.9 Å². The second-order valence-electron chi connectivity index (χ2n) is 6.03. The van der Waals surface area contributed by atoms with Crippen LogP contribution in [0.4, 0.5) is 11.4 Å². The molecule has 0 aliphatic rings. The molecule has 1 heterocycles. The van der Waals surface area contributed by atoms with E-state index in [2.05, 4.69) is 10.3 Å². The Kier molecular flexibility index (Phi) is 6.00. The van der Waals surface area contributed by atoms with Gasteiger partial charge in [-0.3, -0.25) is 14.9 Å². The Labute approximate surface area is 166 Å². The van der Waals surface area contributed by atoms with Gasteiger partial charge < -0.3 is 10.1 Å². The smallest absolute Gasteiger partial charge is 0.274 e. The molecule has 0 saturated heterocycles. The van der Waals surface area contributed by atoms with Crippen molar-refractivity contribution in [1.82, 2.24) is 4.98 Å². The number of anilines is 1. The fraction of sp³-hybridized carbons (Fsp3) is 0.200. The number of hydrogen-bond acceptors (Lipinski definition) is 6. The van der Waals surface area contributed by atoms with Crippen LogP contribution in [0.3, 0.4) is 0 Å². The zero-order valence-electron chi connectivity index (χ0n) is 15.5. The first-order valence-corrected chi connectivity index (χ1v) is 9.57. The van der Waals surface area contributed by atoms with Crippen molar-refractivity contribution in [2.75, 3.05) is 11.9 Å². The zero-order chi connectivity index (χ0) is 20.1. The predicted molar refractivity (Wildman–Crippen MR) is 109 cm³/mol. The molecule has 0 atom stereocenters. The number of thiazole rings is 1. The fourth-order valence-electron chi connectivity index (χ4n) is 2.70. The van der Waals surface area contributed by atoms with E-state index in [1.54, 1.807) is 19.1 Å². The quantitative estimate of drug-likeness (QED) is 0.464. The number of amides is 1. The van der Waals surface area contributed by atoms with Gasteiger partial charge in [0.25, 0.3) is 5.69 Å². The number of nitrogens with zero attached hydrogens (tertiary/aromatic N) is 2. The number of nitro groups is 1. The van der Waals surface area contributed by atoms with Crippen molar-refractivity contribution in [1.29, 1.82) is 0 Å². The van der Waals surface area contributed by atoms with Crippen molar-refractivity contribution in [2.24, 2.45) is 0 Å². The standard InChI is InChI=1S/C20H19N3O4S/c1-3-27-16-9-7-14(8-10-16)20-21-15(12-28-20)11-19(24)22-17-5-4-6-18(13(17)2)23(25)26/h4-10,12H,3,11H2,1-2H3,(H,22,24). The normalized spacial score (nSPS) is 10.5. The van der Waals surface area contributed by atoms with Crippen LogP contribution in [0.1, 0.15) is 18.2 Å². The minimum atomic E-state index is -0.464. The van der Waals surface area contributed by atoms with Gasteiger partial charge in [0.1, 0.15) is 10.8 Å². The third-order valence-electron chi connectivity index (χ3n) is 4.08. The van der Waals surface area contributed by atoms with Crippen molar-refractivity contribution in [3.8, 4) is 16.3 Å². The first-order chi connectivity index (χ1) is 13.5. The van der Waals surface area contributed by atoms with Gasteiger partial charge in [0.2, 0.25) is 5.91 Å². The van der Waals surface area contributed by atoms with Crippen LogP contribution in [0.2, 0.25) is 0 Å². The number of carbonyl (C=O) groups excluding carboxylic acids is 1. The molecule has 2 aromatic carbocycles. The molecule has 1 aromatic heterocycles. The Morgan fingerprint density at radius 1 is 1.25 bits per heavy atom. The Hall–Kier alpha value is -3.26. The van der Waals surface area contributed by atoms with Gasteiger partial charge >= 0.3 is 0 Å². The molecule has 0 spiro atoms. The maximum atomic E-state index is 12.3. The summed E-state index contributed by atoms with van der Waals surface area (Å²) in [5.41, 5.74) is 2.43. The van der Waals surface area contributed by atoms with E-state index < -0.39 is 4.92 Å². The SMILES string of the molecule is CCOc1ccc(-c2nc(CC(=O)Nc3cccc([N+](=O)[O-])c3C)cs2)cc1. The zero-order valence-corrected chi connectivity index (χ0v) is 16.3. The van der Waals surface area contributed by atoms with Crippen LogP contribution in [0.25, 0.3) is 10.6 Å². The molecule has 0 unspecified atom stereocenters. The summed E-state index contributed by atoms with van der Waals surface area (Å²) < 4.78 is 5.43. The first-order valence-electron chi connectivity index (χ1n) is 8.69. The Morgan fingerprint density at radius 2 is 2.00 bits per heavy atom. The number of nitro benzene ring substituents is 1. The second kappa shape index (κ2) is 8.62. The minimum absolute atomic E-state index is 0.0238. The summed E-state index contributed by atoms with van der Waals surface area (Å²) in [6, 6.07) is 12.2. The molecule has 3 rings (SSSR count). The second-order valence-corrected chi connectivity index (χ2v) is 6.89. The molecule has 1 N–H and O–H groups in total. The highest BCUT2D eigenvalue weighted by Gasteiger charge is 2.16. The maximum absolute atomic E-state index is 12.3. The molecular formula is C20H19N3O4S. The molecule has 28 heavy (non-hydrogen) atoms. The summed E-state index contributed by atoms with van der Waals surface area (Å²) in [5.74, 6) is 0.530. The predicted octanol–water partition coefficient (Wildman–Crippen LogP) is 4.61. The van der Waals surface area contributed by atoms with Crippen LogP contribution < -0.4 is 10.1 Å². The number of nitrogens with one attached hydrogen (secondary N) is 1. The average molecular weight is 397 g/mol. The van der Waals surface area contributed by atoms with Crippen LogP contribution >= 0.6 is 11.3 Å². The van der Waals surface area contributed by atoms with Gasteiger partial charge in [0.05, 0.1) is 34.9 Å². The van der Waals surface area contributed by atoms with E-state index in [1.165, 1.54) is 17.4 Å². The van der Waals surface area contributed by atoms with Gasteiger partial charge in [0.15, 0.2) is 0 Å². The largest absolute Gasteiger partial charge is 0.494 e. The topological polar surface area (TPSA) is 94.4 Å². The summed E-state index contributed by atoms with van der Waals surface area (Å²) in [5, 5.41) is 16.4. The Morgan fingerprint density at radius 3 is 2.68 bits per heavy atom. The summed E-state index contributed by atoms with van der Waals surface area (Å²) in [4.78, 5) is 27.4. The maximum Gasteiger partial charge on any atom is 0.274 e. The Balaban J connectivity index is 1.67. The van der Waals surface area contributed by atoms with Gasteiger partial charge in [-0.25, -0.2) is 4.98 Å². The van der Waals surface area contributed by atoms with Crippen molar-refractivity contribution in [3.63, 3.8) is 0 Å². The van der Waals surface area contributed by atoms with E-state index in [1.807, 2.05) is 36.6 Å². The average Bonchev–Trinajstić information content (AvgIpc) is 3.12. The van der Waals surface area contributed by atoms with E-state index in [4.69, 9.17) is 4.74 Å². The van der Waals surface area contributed by atoms with Crippen LogP contribution in [-0.4, -0.2) is 22.4 Å². The molecule has 0 aliphatic carbocycles. The molecule has 0 saturated carbocycles. The van der Waals surface area contributed by atoms with Gasteiger partial charge in [-0.1, -0.05) is 6.07 Å². The monoisotopic (exact) mass is 397 g/mol.